The molecule has 1 unspecified atom stereocenters. The van der Waals surface area contributed by atoms with Crippen molar-refractivity contribution in [3.05, 3.63) is 108 Å². The fourth-order valence-electron chi connectivity index (χ4n) is 4.26. The van der Waals surface area contributed by atoms with Crippen molar-refractivity contribution < 1.29 is 9.90 Å². The lowest BCUT2D eigenvalue weighted by Gasteiger charge is -2.26. The van der Waals surface area contributed by atoms with Gasteiger partial charge in [0.15, 0.2) is 5.78 Å². The Morgan fingerprint density at radius 1 is 0.765 bits per heavy atom. The lowest BCUT2D eigenvalue weighted by Crippen LogP contribution is -2.35. The Kier molecular flexibility index (Phi) is 5.15. The molecule has 1 atom stereocenters. The summed E-state index contributed by atoms with van der Waals surface area (Å²) in [6.07, 6.45) is 0. The van der Waals surface area contributed by atoms with Gasteiger partial charge in [0.05, 0.1) is 28.1 Å². The van der Waals surface area contributed by atoms with Gasteiger partial charge in [0.2, 0.25) is 0 Å². The molecule has 1 aliphatic carbocycles. The molecule has 0 aliphatic heterocycles. The van der Waals surface area contributed by atoms with Crippen molar-refractivity contribution in [2.24, 2.45) is 0 Å². The molecule has 0 saturated carbocycles. The third-order valence-corrected chi connectivity index (χ3v) is 6.44. The lowest BCUT2D eigenvalue weighted by molar-refractivity contribution is -0.116. The molecule has 10 heteroatoms. The van der Waals surface area contributed by atoms with E-state index in [4.69, 9.17) is 23.2 Å². The number of aliphatic hydroxyl groups excluding tert-OH is 1. The summed E-state index contributed by atoms with van der Waals surface area (Å²) in [6, 6.07) is 13.2. The monoisotopic (exact) mass is 496 g/mol. The summed E-state index contributed by atoms with van der Waals surface area (Å²) >= 11 is 11.9. The average molecular weight is 497 g/mol. The van der Waals surface area contributed by atoms with Crippen LogP contribution in [0.1, 0.15) is 28.4 Å². The van der Waals surface area contributed by atoms with E-state index in [9.17, 15) is 19.5 Å². The molecule has 0 saturated heterocycles. The van der Waals surface area contributed by atoms with Crippen LogP contribution < -0.4 is 11.1 Å². The van der Waals surface area contributed by atoms with E-state index in [0.717, 1.165) is 0 Å². The first kappa shape index (κ1) is 22.1. The highest BCUT2D eigenvalue weighted by Crippen LogP contribution is 2.42. The maximum Gasteiger partial charge on any atom is 0.279 e. The predicted molar refractivity (Wildman–Crippen MR) is 130 cm³/mol. The van der Waals surface area contributed by atoms with Crippen molar-refractivity contribution >= 4 is 34.6 Å². The van der Waals surface area contributed by atoms with E-state index in [1.807, 2.05) is 0 Å². The Labute approximate surface area is 202 Å². The van der Waals surface area contributed by atoms with E-state index >= 15 is 0 Å². The minimum atomic E-state index is -1.15. The van der Waals surface area contributed by atoms with E-state index in [2.05, 4.69) is 10.2 Å². The molecule has 2 aromatic heterocycles. The number of Topliss-reactive ketones (excluding diaryl/α,β-unsaturated/α-hetero) is 1. The number of H-pyrrole nitrogens is 2. The number of nitrogens with one attached hydrogen (secondary N) is 2. The molecule has 2 aromatic carbocycles. The Morgan fingerprint density at radius 3 is 1.74 bits per heavy atom. The maximum atomic E-state index is 13.2. The number of aromatic amines is 2. The zero-order valence-electron chi connectivity index (χ0n) is 18.0. The van der Waals surface area contributed by atoms with Gasteiger partial charge in [-0.1, -0.05) is 23.2 Å². The molecule has 0 fully saturated rings. The van der Waals surface area contributed by atoms with Gasteiger partial charge < -0.3 is 5.11 Å². The second-order valence-electron chi connectivity index (χ2n) is 8.05. The van der Waals surface area contributed by atoms with E-state index in [1.54, 1.807) is 62.4 Å². The number of aliphatic hydroxyl groups is 1. The smallest absolute Gasteiger partial charge is 0.279 e. The van der Waals surface area contributed by atoms with Gasteiger partial charge in [0, 0.05) is 21.4 Å². The van der Waals surface area contributed by atoms with E-state index in [-0.39, 0.29) is 22.5 Å². The van der Waals surface area contributed by atoms with Crippen LogP contribution in [0.4, 0.5) is 0 Å². The van der Waals surface area contributed by atoms with Crippen LogP contribution in [0.5, 0.6) is 0 Å². The number of hydrogen-bond donors (Lipinski definition) is 3. The standard InChI is InChI=1S/C24H18Cl2N4O4/c1-11-17(23(33)29(27-11)15-7-3-13(25)4-8-15)19-21(31)20(22(19)32)18-12(2)28-30(24(18)34)16-9-5-14(26)6-10-16/h3-10,19,27-28,31H,1-2H3. The summed E-state index contributed by atoms with van der Waals surface area (Å²) < 4.78 is 2.56. The second kappa shape index (κ2) is 7.93. The molecule has 1 aliphatic rings. The number of ketones is 1. The van der Waals surface area contributed by atoms with Gasteiger partial charge in [-0.25, -0.2) is 9.36 Å². The number of allylic oxidation sites excluding steroid dienone is 2. The van der Waals surface area contributed by atoms with Crippen LogP contribution in [-0.2, 0) is 4.79 Å². The highest BCUT2D eigenvalue weighted by molar-refractivity contribution is 6.32. The number of aryl methyl sites for hydroxylation is 2. The van der Waals surface area contributed by atoms with Crippen molar-refractivity contribution in [2.75, 3.05) is 0 Å². The zero-order valence-corrected chi connectivity index (χ0v) is 19.5. The molecule has 0 amide bonds. The Balaban J connectivity index is 1.58. The number of hydrogen-bond acceptors (Lipinski definition) is 4. The average Bonchev–Trinajstić information content (AvgIpc) is 3.26. The second-order valence-corrected chi connectivity index (χ2v) is 8.93. The Hall–Kier alpha value is -3.75. The zero-order chi connectivity index (χ0) is 24.3. The Morgan fingerprint density at radius 2 is 1.24 bits per heavy atom. The van der Waals surface area contributed by atoms with Crippen LogP contribution in [0.15, 0.2) is 63.9 Å². The van der Waals surface area contributed by atoms with Crippen LogP contribution >= 0.6 is 23.2 Å². The first-order valence-corrected chi connectivity index (χ1v) is 11.1. The molecular weight excluding hydrogens is 479 g/mol. The minimum Gasteiger partial charge on any atom is -0.510 e. The van der Waals surface area contributed by atoms with Crippen molar-refractivity contribution in [1.82, 2.24) is 19.6 Å². The van der Waals surface area contributed by atoms with Crippen LogP contribution in [0, 0.1) is 13.8 Å². The molecule has 0 spiro atoms. The molecule has 5 rings (SSSR count). The number of aromatic nitrogens is 4. The molecule has 4 aromatic rings. The normalized spacial score (nSPS) is 15.6. The highest BCUT2D eigenvalue weighted by Gasteiger charge is 2.46. The molecule has 3 N–H and O–H groups in total. The van der Waals surface area contributed by atoms with Gasteiger partial charge in [-0.2, -0.15) is 0 Å². The first-order valence-electron chi connectivity index (χ1n) is 10.3. The van der Waals surface area contributed by atoms with Crippen LogP contribution in [0.3, 0.4) is 0 Å². The molecule has 172 valence electrons. The van der Waals surface area contributed by atoms with E-state index < -0.39 is 22.8 Å². The highest BCUT2D eigenvalue weighted by atomic mass is 35.5. The fraction of sp³-hybridized carbons (Fsp3) is 0.125. The van der Waals surface area contributed by atoms with Gasteiger partial charge in [-0.3, -0.25) is 24.6 Å². The molecule has 0 radical (unpaired) electrons. The summed E-state index contributed by atoms with van der Waals surface area (Å²) in [5, 5.41) is 17.8. The van der Waals surface area contributed by atoms with E-state index in [0.29, 0.717) is 32.8 Å². The number of carbonyl (C=O) groups is 1. The molecular formula is C24H18Cl2N4O4. The van der Waals surface area contributed by atoms with E-state index in [1.165, 1.54) is 9.36 Å². The number of halogens is 2. The minimum absolute atomic E-state index is 0.0694. The van der Waals surface area contributed by atoms with Crippen molar-refractivity contribution in [3.63, 3.8) is 0 Å². The quantitative estimate of drug-likeness (QED) is 0.392. The van der Waals surface area contributed by atoms with Gasteiger partial charge in [0.25, 0.3) is 11.1 Å². The number of carbonyl (C=O) groups excluding carboxylic acids is 1. The topological polar surface area (TPSA) is 113 Å². The Bertz CT molecular complexity index is 1600. The van der Waals surface area contributed by atoms with Crippen LogP contribution in [-0.4, -0.2) is 30.5 Å². The lowest BCUT2D eigenvalue weighted by atomic mass is 9.75. The molecule has 0 bridgehead atoms. The maximum absolute atomic E-state index is 13.2. The summed E-state index contributed by atoms with van der Waals surface area (Å²) in [4.78, 5) is 39.4. The number of nitrogens with zero attached hydrogens (tertiary/aromatic N) is 2. The summed E-state index contributed by atoms with van der Waals surface area (Å²) in [5.41, 5.74) is 1.07. The third kappa shape index (κ3) is 3.26. The van der Waals surface area contributed by atoms with Gasteiger partial charge in [0.1, 0.15) is 11.7 Å². The number of rotatable bonds is 4. The van der Waals surface area contributed by atoms with Crippen LogP contribution in [0.2, 0.25) is 10.0 Å². The third-order valence-electron chi connectivity index (χ3n) is 5.93. The molecule has 2 heterocycles. The first-order chi connectivity index (χ1) is 16.2. The largest absolute Gasteiger partial charge is 0.510 e. The SMILES string of the molecule is Cc1[nH]n(-c2ccc(Cl)cc2)c(=O)c1C1=C(O)C(c2c(C)[nH]n(-c3ccc(Cl)cc3)c2=O)C1=O. The summed E-state index contributed by atoms with van der Waals surface area (Å²) in [6.45, 7) is 3.29. The van der Waals surface area contributed by atoms with Crippen LogP contribution in [0.25, 0.3) is 16.9 Å². The number of benzene rings is 2. The summed E-state index contributed by atoms with van der Waals surface area (Å²) in [7, 11) is 0. The fourth-order valence-corrected chi connectivity index (χ4v) is 4.52. The van der Waals surface area contributed by atoms with Gasteiger partial charge in [-0.15, -0.1) is 0 Å². The van der Waals surface area contributed by atoms with Gasteiger partial charge >= 0.3 is 0 Å². The van der Waals surface area contributed by atoms with Gasteiger partial charge in [-0.05, 0) is 62.4 Å². The predicted octanol–water partition coefficient (Wildman–Crippen LogP) is 4.20. The molecule has 8 nitrogen and oxygen atoms in total. The van der Waals surface area contributed by atoms with Crippen molar-refractivity contribution in [3.8, 4) is 11.4 Å². The summed E-state index contributed by atoms with van der Waals surface area (Å²) in [5.74, 6) is -1.96. The molecule has 34 heavy (non-hydrogen) atoms. The van der Waals surface area contributed by atoms with Crippen molar-refractivity contribution in [1.29, 1.82) is 0 Å². The van der Waals surface area contributed by atoms with Crippen molar-refractivity contribution in [2.45, 2.75) is 19.8 Å².